The summed E-state index contributed by atoms with van der Waals surface area (Å²) in [5, 5.41) is 0. The van der Waals surface area contributed by atoms with Gasteiger partial charge in [-0.2, -0.15) is 0 Å². The quantitative estimate of drug-likeness (QED) is 0.752. The highest BCUT2D eigenvalue weighted by Gasteiger charge is 2.51. The third kappa shape index (κ3) is 2.25. The second kappa shape index (κ2) is 5.59. The van der Waals surface area contributed by atoms with Crippen molar-refractivity contribution in [2.24, 2.45) is 11.8 Å². The van der Waals surface area contributed by atoms with Crippen molar-refractivity contribution in [2.45, 2.75) is 57.5 Å². The number of carbonyl (C=O) groups excluding carboxylic acids is 1. The van der Waals surface area contributed by atoms with Crippen molar-refractivity contribution in [3.63, 3.8) is 0 Å². The second-order valence-corrected chi connectivity index (χ2v) is 6.32. The van der Waals surface area contributed by atoms with Crippen LogP contribution in [0.5, 0.6) is 0 Å². The maximum Gasteiger partial charge on any atom is 0.338 e. The van der Waals surface area contributed by atoms with Crippen LogP contribution in [0.4, 0.5) is 0 Å². The predicted octanol–water partition coefficient (Wildman–Crippen LogP) is 4.59. The van der Waals surface area contributed by atoms with Gasteiger partial charge in [0.15, 0.2) is 0 Å². The summed E-state index contributed by atoms with van der Waals surface area (Å²) in [5.74, 6) is 1.02. The number of esters is 1. The molecule has 0 aliphatic heterocycles. The third-order valence-electron chi connectivity index (χ3n) is 5.44. The summed E-state index contributed by atoms with van der Waals surface area (Å²) in [6.45, 7) is 2.19. The van der Waals surface area contributed by atoms with Crippen molar-refractivity contribution >= 4 is 5.97 Å². The van der Waals surface area contributed by atoms with Gasteiger partial charge >= 0.3 is 5.97 Å². The van der Waals surface area contributed by atoms with E-state index in [4.69, 9.17) is 4.74 Å². The molecule has 0 atom stereocenters. The molecule has 2 aliphatic rings. The number of ether oxygens (including phenoxy) is 1. The zero-order chi connectivity index (χ0) is 14.0. The fraction of sp³-hybridized carbons (Fsp3) is 0.611. The van der Waals surface area contributed by atoms with Crippen LogP contribution in [0.1, 0.15) is 62.2 Å². The number of hydrogen-bond donors (Lipinski definition) is 0. The van der Waals surface area contributed by atoms with Crippen LogP contribution in [0.3, 0.4) is 0 Å². The molecule has 20 heavy (non-hydrogen) atoms. The maximum absolute atomic E-state index is 12.5. The lowest BCUT2D eigenvalue weighted by atomic mass is 9.60. The lowest BCUT2D eigenvalue weighted by Crippen LogP contribution is -2.53. The first-order chi connectivity index (χ1) is 9.76. The Kier molecular flexibility index (Phi) is 3.82. The summed E-state index contributed by atoms with van der Waals surface area (Å²) >= 11 is 0. The topological polar surface area (TPSA) is 26.3 Å². The van der Waals surface area contributed by atoms with Gasteiger partial charge in [0.25, 0.3) is 0 Å². The normalized spacial score (nSPS) is 32.6. The highest BCUT2D eigenvalue weighted by atomic mass is 16.6. The summed E-state index contributed by atoms with van der Waals surface area (Å²) < 4.78 is 6.14. The van der Waals surface area contributed by atoms with Gasteiger partial charge in [-0.05, 0) is 56.1 Å². The average molecular weight is 272 g/mol. The molecule has 0 saturated heterocycles. The number of benzene rings is 1. The van der Waals surface area contributed by atoms with Crippen LogP contribution in [-0.4, -0.2) is 11.6 Å². The molecule has 108 valence electrons. The van der Waals surface area contributed by atoms with Gasteiger partial charge in [0.1, 0.15) is 5.60 Å². The smallest absolute Gasteiger partial charge is 0.338 e. The molecule has 2 fully saturated rings. The summed E-state index contributed by atoms with van der Waals surface area (Å²) in [6.07, 6.45) is 8.48. The minimum Gasteiger partial charge on any atom is -0.455 e. The third-order valence-corrected chi connectivity index (χ3v) is 5.44. The standard InChI is InChI=1S/C18H24O2/c1-2-18(15-10-6-11-16(18)13-7-12-15)20-17(19)14-8-4-3-5-9-14/h3-5,8-9,15-16H,2,6-7,10-13H2,1H3. The summed E-state index contributed by atoms with van der Waals surface area (Å²) in [5.41, 5.74) is 0.493. The molecule has 0 amide bonds. The Hall–Kier alpha value is -1.31. The molecule has 2 heteroatoms. The summed E-state index contributed by atoms with van der Waals surface area (Å²) in [6, 6.07) is 9.43. The average Bonchev–Trinajstić information content (AvgIpc) is 2.47. The van der Waals surface area contributed by atoms with Crippen molar-refractivity contribution in [2.75, 3.05) is 0 Å². The molecule has 0 unspecified atom stereocenters. The maximum atomic E-state index is 12.5. The van der Waals surface area contributed by atoms with Crippen molar-refractivity contribution in [3.8, 4) is 0 Å². The van der Waals surface area contributed by atoms with Crippen LogP contribution < -0.4 is 0 Å². The molecule has 0 N–H and O–H groups in total. The SMILES string of the molecule is CCC1(OC(=O)c2ccccc2)C2CCCC1CCC2. The van der Waals surface area contributed by atoms with E-state index in [1.807, 2.05) is 30.3 Å². The van der Waals surface area contributed by atoms with E-state index in [9.17, 15) is 4.79 Å². The Morgan fingerprint density at radius 2 is 1.65 bits per heavy atom. The number of carbonyl (C=O) groups is 1. The first kappa shape index (κ1) is 13.7. The molecule has 1 aromatic carbocycles. The molecule has 0 heterocycles. The first-order valence-electron chi connectivity index (χ1n) is 8.04. The molecule has 0 aromatic heterocycles. The summed E-state index contributed by atoms with van der Waals surface area (Å²) in [4.78, 5) is 12.5. The highest BCUT2D eigenvalue weighted by Crippen LogP contribution is 2.51. The molecule has 2 aliphatic carbocycles. The molecule has 2 nitrogen and oxygen atoms in total. The van der Waals surface area contributed by atoms with Gasteiger partial charge in [0.05, 0.1) is 5.56 Å². The Morgan fingerprint density at radius 1 is 1.10 bits per heavy atom. The molecular formula is C18H24O2. The first-order valence-corrected chi connectivity index (χ1v) is 8.04. The van der Waals surface area contributed by atoms with Crippen LogP contribution >= 0.6 is 0 Å². The fourth-order valence-electron chi connectivity index (χ4n) is 4.44. The van der Waals surface area contributed by atoms with Crippen molar-refractivity contribution in [3.05, 3.63) is 35.9 Å². The van der Waals surface area contributed by atoms with Gasteiger partial charge in [-0.25, -0.2) is 4.79 Å². The van der Waals surface area contributed by atoms with E-state index in [0.29, 0.717) is 17.4 Å². The second-order valence-electron chi connectivity index (χ2n) is 6.32. The Morgan fingerprint density at radius 3 is 2.15 bits per heavy atom. The molecule has 2 bridgehead atoms. The van der Waals surface area contributed by atoms with Gasteiger partial charge in [-0.1, -0.05) is 38.0 Å². The van der Waals surface area contributed by atoms with Gasteiger partial charge in [-0.3, -0.25) is 0 Å². The van der Waals surface area contributed by atoms with E-state index in [2.05, 4.69) is 6.92 Å². The zero-order valence-electron chi connectivity index (χ0n) is 12.3. The minimum atomic E-state index is -0.191. The van der Waals surface area contributed by atoms with Crippen molar-refractivity contribution < 1.29 is 9.53 Å². The lowest BCUT2D eigenvalue weighted by molar-refractivity contribution is -0.130. The molecule has 3 rings (SSSR count). The molecule has 0 spiro atoms. The van der Waals surface area contributed by atoms with Gasteiger partial charge < -0.3 is 4.74 Å². The molecule has 1 aromatic rings. The monoisotopic (exact) mass is 272 g/mol. The fourth-order valence-corrected chi connectivity index (χ4v) is 4.44. The number of fused-ring (bicyclic) bond motifs is 2. The number of rotatable bonds is 3. The van der Waals surface area contributed by atoms with Crippen molar-refractivity contribution in [1.82, 2.24) is 0 Å². The van der Waals surface area contributed by atoms with Gasteiger partial charge in [0.2, 0.25) is 0 Å². The van der Waals surface area contributed by atoms with Crippen LogP contribution in [-0.2, 0) is 4.74 Å². The van der Waals surface area contributed by atoms with Crippen LogP contribution in [0.15, 0.2) is 30.3 Å². The van der Waals surface area contributed by atoms with E-state index in [0.717, 1.165) is 6.42 Å². The zero-order valence-corrected chi connectivity index (χ0v) is 12.3. The molecule has 0 radical (unpaired) electrons. The van der Waals surface area contributed by atoms with E-state index in [1.54, 1.807) is 0 Å². The van der Waals surface area contributed by atoms with E-state index in [1.165, 1.54) is 38.5 Å². The Balaban J connectivity index is 1.84. The Bertz CT molecular complexity index is 444. The van der Waals surface area contributed by atoms with Gasteiger partial charge in [0, 0.05) is 0 Å². The van der Waals surface area contributed by atoms with E-state index in [-0.39, 0.29) is 11.6 Å². The summed E-state index contributed by atoms with van der Waals surface area (Å²) in [7, 11) is 0. The van der Waals surface area contributed by atoms with Gasteiger partial charge in [-0.15, -0.1) is 0 Å². The van der Waals surface area contributed by atoms with E-state index < -0.39 is 0 Å². The van der Waals surface area contributed by atoms with E-state index >= 15 is 0 Å². The van der Waals surface area contributed by atoms with Crippen LogP contribution in [0, 0.1) is 11.8 Å². The number of hydrogen-bond acceptors (Lipinski definition) is 2. The largest absolute Gasteiger partial charge is 0.455 e. The highest BCUT2D eigenvalue weighted by molar-refractivity contribution is 5.89. The molecule has 2 saturated carbocycles. The predicted molar refractivity (Wildman–Crippen MR) is 79.6 cm³/mol. The lowest BCUT2D eigenvalue weighted by Gasteiger charge is -2.51. The van der Waals surface area contributed by atoms with Crippen LogP contribution in [0.2, 0.25) is 0 Å². The van der Waals surface area contributed by atoms with Crippen LogP contribution in [0.25, 0.3) is 0 Å². The van der Waals surface area contributed by atoms with Crippen molar-refractivity contribution in [1.29, 1.82) is 0 Å². The minimum absolute atomic E-state index is 0.133. The molecular weight excluding hydrogens is 248 g/mol. The Labute approximate surface area is 121 Å².